The van der Waals surface area contributed by atoms with Crippen molar-refractivity contribution in [3.8, 4) is 17.2 Å². The molecule has 0 aliphatic rings. The smallest absolute Gasteiger partial charge is 0.337 e. The fraction of sp³-hybridized carbons (Fsp3) is 0.0769. The lowest BCUT2D eigenvalue weighted by Crippen LogP contribution is -1.98. The van der Waals surface area contributed by atoms with Gasteiger partial charge in [0.15, 0.2) is 5.75 Å². The van der Waals surface area contributed by atoms with E-state index in [4.69, 9.17) is 14.6 Å². The van der Waals surface area contributed by atoms with Crippen LogP contribution in [0.3, 0.4) is 0 Å². The van der Waals surface area contributed by atoms with Crippen LogP contribution in [-0.4, -0.2) is 28.1 Å². The molecular weight excluding hydrogens is 280 g/mol. The van der Waals surface area contributed by atoms with Crippen LogP contribution in [0.25, 0.3) is 0 Å². The molecule has 108 valence electrons. The third-order valence-electron chi connectivity index (χ3n) is 2.54. The molecule has 0 bridgehead atoms. The number of carboxylic acid groups (broad SMARTS) is 1. The first kappa shape index (κ1) is 14.3. The number of aromatic nitrogens is 1. The summed E-state index contributed by atoms with van der Waals surface area (Å²) in [5.74, 6) is -0.709. The zero-order valence-electron chi connectivity index (χ0n) is 10.8. The van der Waals surface area contributed by atoms with Crippen molar-refractivity contribution in [2.75, 3.05) is 7.11 Å². The SMILES string of the molecule is COc1ccc(Oc2cncc(C(=O)O)c2)cc1[N+](=O)[O-]. The maximum atomic E-state index is 10.9. The highest BCUT2D eigenvalue weighted by Crippen LogP contribution is 2.32. The predicted octanol–water partition coefficient (Wildman–Crippen LogP) is 2.49. The van der Waals surface area contributed by atoms with E-state index in [0.717, 1.165) is 0 Å². The van der Waals surface area contributed by atoms with Crippen molar-refractivity contribution in [2.45, 2.75) is 0 Å². The summed E-state index contributed by atoms with van der Waals surface area (Å²) in [7, 11) is 1.32. The lowest BCUT2D eigenvalue weighted by atomic mass is 10.2. The van der Waals surface area contributed by atoms with Gasteiger partial charge < -0.3 is 14.6 Å². The molecule has 0 fully saturated rings. The number of aromatic carboxylic acids is 1. The quantitative estimate of drug-likeness (QED) is 0.664. The van der Waals surface area contributed by atoms with Gasteiger partial charge in [-0.3, -0.25) is 15.1 Å². The normalized spacial score (nSPS) is 9.95. The Morgan fingerprint density at radius 3 is 2.67 bits per heavy atom. The van der Waals surface area contributed by atoms with E-state index in [0.29, 0.717) is 0 Å². The molecule has 0 unspecified atom stereocenters. The molecule has 8 nitrogen and oxygen atoms in total. The first-order valence-electron chi connectivity index (χ1n) is 5.70. The van der Waals surface area contributed by atoms with Crippen molar-refractivity contribution in [1.29, 1.82) is 0 Å². The third-order valence-corrected chi connectivity index (χ3v) is 2.54. The lowest BCUT2D eigenvalue weighted by Gasteiger charge is -2.07. The number of nitro groups is 1. The molecule has 0 aliphatic heterocycles. The summed E-state index contributed by atoms with van der Waals surface area (Å²) in [6.07, 6.45) is 2.48. The molecule has 0 saturated carbocycles. The summed E-state index contributed by atoms with van der Waals surface area (Å²) in [5, 5.41) is 19.8. The fourth-order valence-corrected chi connectivity index (χ4v) is 1.60. The summed E-state index contributed by atoms with van der Waals surface area (Å²) >= 11 is 0. The Kier molecular flexibility index (Phi) is 3.98. The zero-order chi connectivity index (χ0) is 15.4. The molecule has 0 atom stereocenters. The molecule has 0 amide bonds. The number of nitro benzene ring substituents is 1. The molecule has 1 heterocycles. The lowest BCUT2D eigenvalue weighted by molar-refractivity contribution is -0.385. The van der Waals surface area contributed by atoms with Crippen LogP contribution in [0.1, 0.15) is 10.4 Å². The van der Waals surface area contributed by atoms with Crippen molar-refractivity contribution in [1.82, 2.24) is 4.98 Å². The van der Waals surface area contributed by atoms with Crippen LogP contribution < -0.4 is 9.47 Å². The highest BCUT2D eigenvalue weighted by molar-refractivity contribution is 5.87. The molecule has 2 rings (SSSR count). The van der Waals surface area contributed by atoms with E-state index in [1.165, 1.54) is 43.8 Å². The van der Waals surface area contributed by atoms with E-state index in [2.05, 4.69) is 4.98 Å². The number of ether oxygens (including phenoxy) is 2. The number of methoxy groups -OCH3 is 1. The van der Waals surface area contributed by atoms with E-state index >= 15 is 0 Å². The van der Waals surface area contributed by atoms with Gasteiger partial charge in [-0.15, -0.1) is 0 Å². The highest BCUT2D eigenvalue weighted by atomic mass is 16.6. The molecule has 0 spiro atoms. The van der Waals surface area contributed by atoms with Gasteiger partial charge in [-0.05, 0) is 18.2 Å². The minimum atomic E-state index is -1.14. The third kappa shape index (κ3) is 3.24. The van der Waals surface area contributed by atoms with Crippen LogP contribution in [-0.2, 0) is 0 Å². The maximum Gasteiger partial charge on any atom is 0.337 e. The van der Waals surface area contributed by atoms with E-state index in [1.807, 2.05) is 0 Å². The monoisotopic (exact) mass is 290 g/mol. The number of carbonyl (C=O) groups is 1. The molecule has 0 saturated heterocycles. The van der Waals surface area contributed by atoms with Gasteiger partial charge in [-0.2, -0.15) is 0 Å². The van der Waals surface area contributed by atoms with Gasteiger partial charge in [0.1, 0.15) is 11.5 Å². The summed E-state index contributed by atoms with van der Waals surface area (Å²) in [6.45, 7) is 0. The van der Waals surface area contributed by atoms with Crippen LogP contribution in [0.4, 0.5) is 5.69 Å². The Bertz CT molecular complexity index is 701. The fourth-order valence-electron chi connectivity index (χ4n) is 1.60. The van der Waals surface area contributed by atoms with Gasteiger partial charge in [0, 0.05) is 6.20 Å². The Morgan fingerprint density at radius 2 is 2.05 bits per heavy atom. The number of hydrogen-bond donors (Lipinski definition) is 1. The Balaban J connectivity index is 2.31. The van der Waals surface area contributed by atoms with Gasteiger partial charge in [0.2, 0.25) is 0 Å². The average Bonchev–Trinajstić information content (AvgIpc) is 2.47. The second kappa shape index (κ2) is 5.87. The number of nitrogens with zero attached hydrogens (tertiary/aromatic N) is 2. The van der Waals surface area contributed by atoms with Crippen molar-refractivity contribution in [3.05, 3.63) is 52.3 Å². The topological polar surface area (TPSA) is 112 Å². The van der Waals surface area contributed by atoms with Crippen molar-refractivity contribution >= 4 is 11.7 Å². The molecule has 0 radical (unpaired) electrons. The van der Waals surface area contributed by atoms with Gasteiger partial charge >= 0.3 is 11.7 Å². The van der Waals surface area contributed by atoms with E-state index < -0.39 is 10.9 Å². The minimum absolute atomic E-state index is 0.0458. The number of pyridine rings is 1. The van der Waals surface area contributed by atoms with Gasteiger partial charge in [-0.1, -0.05) is 0 Å². The molecule has 2 aromatic rings. The standard InChI is InChI=1S/C13H10N2O6/c1-20-12-3-2-9(5-11(12)15(18)19)21-10-4-8(13(16)17)6-14-7-10/h2-7H,1H3,(H,16,17). The molecule has 1 N–H and O–H groups in total. The number of carboxylic acids is 1. The molecule has 1 aromatic carbocycles. The number of benzene rings is 1. The molecule has 8 heteroatoms. The molecule has 21 heavy (non-hydrogen) atoms. The second-order valence-corrected chi connectivity index (χ2v) is 3.91. The summed E-state index contributed by atoms with van der Waals surface area (Å²) < 4.78 is 10.2. The summed E-state index contributed by atoms with van der Waals surface area (Å²) in [5.41, 5.74) is -0.298. The van der Waals surface area contributed by atoms with Crippen molar-refractivity contribution < 1.29 is 24.3 Å². The minimum Gasteiger partial charge on any atom is -0.490 e. The van der Waals surface area contributed by atoms with Gasteiger partial charge in [0.05, 0.1) is 29.9 Å². The van der Waals surface area contributed by atoms with E-state index in [-0.39, 0.29) is 28.5 Å². The Hall–Kier alpha value is -3.16. The van der Waals surface area contributed by atoms with Crippen LogP contribution in [0.2, 0.25) is 0 Å². The van der Waals surface area contributed by atoms with Crippen molar-refractivity contribution in [3.63, 3.8) is 0 Å². The molecular formula is C13H10N2O6. The Labute approximate surface area is 118 Å². The van der Waals surface area contributed by atoms with E-state index in [9.17, 15) is 14.9 Å². The molecule has 0 aliphatic carbocycles. The second-order valence-electron chi connectivity index (χ2n) is 3.91. The first-order valence-corrected chi connectivity index (χ1v) is 5.70. The van der Waals surface area contributed by atoms with Gasteiger partial charge in [-0.25, -0.2) is 4.79 Å². The van der Waals surface area contributed by atoms with Crippen LogP contribution >= 0.6 is 0 Å². The highest BCUT2D eigenvalue weighted by Gasteiger charge is 2.16. The predicted molar refractivity (Wildman–Crippen MR) is 70.9 cm³/mol. The van der Waals surface area contributed by atoms with Crippen LogP contribution in [0, 0.1) is 10.1 Å². The maximum absolute atomic E-state index is 10.9. The largest absolute Gasteiger partial charge is 0.490 e. The summed E-state index contributed by atoms with van der Waals surface area (Å²) in [4.78, 5) is 24.9. The Morgan fingerprint density at radius 1 is 1.29 bits per heavy atom. The van der Waals surface area contributed by atoms with Crippen molar-refractivity contribution in [2.24, 2.45) is 0 Å². The first-order chi connectivity index (χ1) is 10.0. The average molecular weight is 290 g/mol. The van der Waals surface area contributed by atoms with Gasteiger partial charge in [0.25, 0.3) is 0 Å². The molecule has 1 aromatic heterocycles. The van der Waals surface area contributed by atoms with Crippen LogP contribution in [0.5, 0.6) is 17.2 Å². The number of hydrogen-bond acceptors (Lipinski definition) is 6. The zero-order valence-corrected chi connectivity index (χ0v) is 10.8. The number of rotatable bonds is 5. The van der Waals surface area contributed by atoms with Crippen LogP contribution in [0.15, 0.2) is 36.7 Å². The summed E-state index contributed by atoms with van der Waals surface area (Å²) in [6, 6.07) is 5.32. The van der Waals surface area contributed by atoms with E-state index in [1.54, 1.807) is 0 Å².